The molecule has 0 heterocycles. The number of allylic oxidation sites excluding steroid dienone is 2. The van der Waals surface area contributed by atoms with Gasteiger partial charge in [0, 0.05) is 32.6 Å². The maximum absolute atomic E-state index is 12.1. The first kappa shape index (κ1) is 32.4. The van der Waals surface area contributed by atoms with E-state index in [2.05, 4.69) is 24.8 Å². The molecule has 7 atom stereocenters. The Morgan fingerprint density at radius 2 is 1.82 bits per heavy atom. The topological polar surface area (TPSA) is 105 Å². The molecule has 39 heavy (non-hydrogen) atoms. The van der Waals surface area contributed by atoms with Gasteiger partial charge < -0.3 is 18.9 Å². The number of esters is 4. The van der Waals surface area contributed by atoms with Crippen molar-refractivity contribution in [3.05, 3.63) is 11.6 Å². The molecule has 2 fully saturated rings. The van der Waals surface area contributed by atoms with Crippen LogP contribution >= 0.6 is 0 Å². The highest BCUT2D eigenvalue weighted by molar-refractivity contribution is 5.79. The second kappa shape index (κ2) is 16.3. The third-order valence-electron chi connectivity index (χ3n) is 7.79. The largest absolute Gasteiger partial charge is 0.463 e. The van der Waals surface area contributed by atoms with Crippen LogP contribution < -0.4 is 0 Å². The molecule has 8 nitrogen and oxygen atoms in total. The van der Waals surface area contributed by atoms with Gasteiger partial charge in [0.25, 0.3) is 0 Å². The Kier molecular flexibility index (Phi) is 13.6. The third kappa shape index (κ3) is 10.7. The van der Waals surface area contributed by atoms with Gasteiger partial charge in [-0.15, -0.1) is 11.8 Å². The highest BCUT2D eigenvalue weighted by Gasteiger charge is 2.48. The molecule has 0 N–H and O–H groups in total. The van der Waals surface area contributed by atoms with E-state index in [9.17, 15) is 19.2 Å². The van der Waals surface area contributed by atoms with Crippen LogP contribution in [0.2, 0.25) is 0 Å². The van der Waals surface area contributed by atoms with Crippen molar-refractivity contribution in [3.63, 3.8) is 0 Å². The summed E-state index contributed by atoms with van der Waals surface area (Å²) in [4.78, 5) is 47.3. The Hall–Kier alpha value is -2.82. The average molecular weight is 547 g/mol. The van der Waals surface area contributed by atoms with Gasteiger partial charge in [0.1, 0.15) is 12.2 Å². The number of carbonyl (C=O) groups excluding carboxylic acids is 4. The minimum absolute atomic E-state index is 0.112. The molecule has 0 aromatic heterocycles. The van der Waals surface area contributed by atoms with Crippen LogP contribution in [0.25, 0.3) is 0 Å². The first-order valence-electron chi connectivity index (χ1n) is 14.3. The van der Waals surface area contributed by atoms with Crippen LogP contribution in [0.5, 0.6) is 0 Å². The lowest BCUT2D eigenvalue weighted by molar-refractivity contribution is -0.166. The lowest BCUT2D eigenvalue weighted by atomic mass is 9.84. The van der Waals surface area contributed by atoms with E-state index < -0.39 is 18.0 Å². The Morgan fingerprint density at radius 3 is 2.46 bits per heavy atom. The molecule has 2 aliphatic carbocycles. The minimum atomic E-state index is -0.893. The summed E-state index contributed by atoms with van der Waals surface area (Å²) in [7, 11) is 0. The fourth-order valence-corrected chi connectivity index (χ4v) is 6.00. The second-order valence-corrected chi connectivity index (χ2v) is 10.9. The monoisotopic (exact) mass is 546 g/mol. The first-order valence-corrected chi connectivity index (χ1v) is 14.3. The van der Waals surface area contributed by atoms with Crippen LogP contribution in [0.15, 0.2) is 11.6 Å². The lowest BCUT2D eigenvalue weighted by Gasteiger charge is -2.28. The summed E-state index contributed by atoms with van der Waals surface area (Å²) in [6.45, 7) is 10.2. The van der Waals surface area contributed by atoms with Crippen molar-refractivity contribution in [2.75, 3.05) is 6.61 Å². The van der Waals surface area contributed by atoms with E-state index >= 15 is 0 Å². The van der Waals surface area contributed by atoms with Gasteiger partial charge in [-0.25, -0.2) is 4.79 Å². The van der Waals surface area contributed by atoms with Crippen molar-refractivity contribution >= 4 is 23.9 Å². The van der Waals surface area contributed by atoms with E-state index in [0.29, 0.717) is 31.1 Å². The van der Waals surface area contributed by atoms with Gasteiger partial charge in [0.15, 0.2) is 6.10 Å². The predicted octanol–water partition coefficient (Wildman–Crippen LogP) is 5.32. The van der Waals surface area contributed by atoms with Crippen LogP contribution in [0.3, 0.4) is 0 Å². The van der Waals surface area contributed by atoms with E-state index in [0.717, 1.165) is 32.1 Å². The number of hydrogen-bond acceptors (Lipinski definition) is 8. The van der Waals surface area contributed by atoms with Gasteiger partial charge in [-0.2, -0.15) is 0 Å². The fourth-order valence-electron chi connectivity index (χ4n) is 6.00. The van der Waals surface area contributed by atoms with E-state index in [4.69, 9.17) is 18.9 Å². The van der Waals surface area contributed by atoms with E-state index in [1.807, 2.05) is 0 Å². The quantitative estimate of drug-likeness (QED) is 0.0948. The highest BCUT2D eigenvalue weighted by Crippen LogP contribution is 2.52. The minimum Gasteiger partial charge on any atom is -0.463 e. The van der Waals surface area contributed by atoms with Crippen molar-refractivity contribution in [3.8, 4) is 11.8 Å². The molecule has 0 aromatic carbocycles. The summed E-state index contributed by atoms with van der Waals surface area (Å²) in [5.74, 6) is 5.73. The van der Waals surface area contributed by atoms with Gasteiger partial charge >= 0.3 is 23.9 Å². The van der Waals surface area contributed by atoms with Crippen molar-refractivity contribution in [2.24, 2.45) is 23.7 Å². The Bertz CT molecular complexity index is 942. The average Bonchev–Trinajstić information content (AvgIpc) is 3.39. The van der Waals surface area contributed by atoms with Gasteiger partial charge in [-0.1, -0.05) is 18.6 Å². The van der Waals surface area contributed by atoms with E-state index in [-0.39, 0.29) is 49.0 Å². The second-order valence-electron chi connectivity index (χ2n) is 10.9. The normalized spacial score (nSPS) is 25.0. The molecule has 0 aliphatic heterocycles. The Labute approximate surface area is 233 Å². The van der Waals surface area contributed by atoms with Gasteiger partial charge in [0.2, 0.25) is 0 Å². The maximum Gasteiger partial charge on any atom is 0.347 e. The number of rotatable bonds is 14. The molecule has 8 heteroatoms. The maximum atomic E-state index is 12.1. The molecule has 7 unspecified atom stereocenters. The Morgan fingerprint density at radius 1 is 1.08 bits per heavy atom. The van der Waals surface area contributed by atoms with Crippen molar-refractivity contribution in [1.29, 1.82) is 0 Å². The van der Waals surface area contributed by atoms with Crippen molar-refractivity contribution < 1.29 is 38.1 Å². The predicted molar refractivity (Wildman–Crippen MR) is 146 cm³/mol. The summed E-state index contributed by atoms with van der Waals surface area (Å²) >= 11 is 0. The van der Waals surface area contributed by atoms with Gasteiger partial charge in [0.05, 0.1) is 6.61 Å². The summed E-state index contributed by atoms with van der Waals surface area (Å²) in [6, 6.07) is 0. The fraction of sp³-hybridized carbons (Fsp3) is 0.742. The molecular formula is C31H46O8. The van der Waals surface area contributed by atoms with Gasteiger partial charge in [-0.05, 0) is 83.5 Å². The van der Waals surface area contributed by atoms with Gasteiger partial charge in [-0.3, -0.25) is 14.4 Å². The molecular weight excluding hydrogens is 500 g/mol. The lowest BCUT2D eigenvalue weighted by Crippen LogP contribution is -2.29. The van der Waals surface area contributed by atoms with Crippen LogP contribution in [0.4, 0.5) is 0 Å². The number of hydrogen-bond donors (Lipinski definition) is 0. The number of ether oxygens (including phenoxy) is 4. The Balaban J connectivity index is 1.94. The molecule has 2 aliphatic rings. The van der Waals surface area contributed by atoms with Crippen molar-refractivity contribution in [1.82, 2.24) is 0 Å². The molecule has 0 spiro atoms. The third-order valence-corrected chi connectivity index (χ3v) is 7.79. The summed E-state index contributed by atoms with van der Waals surface area (Å²) in [5.41, 5.74) is 1.38. The SMILES string of the molecule is CC#CCC(C)C(CCC1C(OC(C)=O)CC2CC(=CCCCC(=O)OC(C)C(=O)OCC)CC21)OC(C)=O. The zero-order valence-corrected chi connectivity index (χ0v) is 24.5. The van der Waals surface area contributed by atoms with E-state index in [1.165, 1.54) is 26.3 Å². The first-order chi connectivity index (χ1) is 18.5. The molecule has 0 saturated heterocycles. The zero-order valence-electron chi connectivity index (χ0n) is 24.5. The molecule has 0 amide bonds. The summed E-state index contributed by atoms with van der Waals surface area (Å²) in [6.07, 6.45) is 7.63. The number of unbranched alkanes of at least 4 members (excludes halogenated alkanes) is 1. The van der Waals surface area contributed by atoms with Crippen LogP contribution in [-0.2, 0) is 38.1 Å². The van der Waals surface area contributed by atoms with E-state index in [1.54, 1.807) is 13.8 Å². The number of fused-ring (bicyclic) bond motifs is 1. The zero-order chi connectivity index (χ0) is 28.9. The molecule has 2 rings (SSSR count). The van der Waals surface area contributed by atoms with Crippen LogP contribution in [0.1, 0.15) is 99.3 Å². The van der Waals surface area contributed by atoms with Crippen LogP contribution in [-0.4, -0.2) is 48.8 Å². The van der Waals surface area contributed by atoms with Crippen LogP contribution in [0, 0.1) is 35.5 Å². The van der Waals surface area contributed by atoms with Crippen molar-refractivity contribution in [2.45, 2.75) is 118 Å². The summed E-state index contributed by atoms with van der Waals surface area (Å²) in [5, 5.41) is 0. The molecule has 0 aromatic rings. The summed E-state index contributed by atoms with van der Waals surface area (Å²) < 4.78 is 21.4. The molecule has 0 radical (unpaired) electrons. The number of carbonyl (C=O) groups is 4. The highest BCUT2D eigenvalue weighted by atomic mass is 16.6. The smallest absolute Gasteiger partial charge is 0.347 e. The molecule has 0 bridgehead atoms. The standard InChI is InChI=1S/C31H46O8/c1-7-9-12-20(3)28(38-22(5)32)16-15-26-27-18-24(17-25(27)19-29(26)39-23(6)33)13-10-11-14-30(34)37-21(4)31(35)36-8-2/h13,20-21,25-29H,8,10-12,14-19H2,1-6H3. The molecule has 218 valence electrons. The molecule has 2 saturated carbocycles.